The highest BCUT2D eigenvalue weighted by atomic mass is 16.4. The lowest BCUT2D eigenvalue weighted by molar-refractivity contribution is -0.313. The van der Waals surface area contributed by atoms with Gasteiger partial charge in [0.25, 0.3) is 0 Å². The highest BCUT2D eigenvalue weighted by Gasteiger charge is 2.30. The Hall–Kier alpha value is -1.32. The summed E-state index contributed by atoms with van der Waals surface area (Å²) in [5.74, 6) is -2.34. The summed E-state index contributed by atoms with van der Waals surface area (Å²) in [6.07, 6.45) is 12.8. The molecule has 0 unspecified atom stereocenters. The Labute approximate surface area is 120 Å². The van der Waals surface area contributed by atoms with Gasteiger partial charge in [0.05, 0.1) is 0 Å². The predicted molar refractivity (Wildman–Crippen MR) is 74.6 cm³/mol. The molecule has 0 aliphatic heterocycles. The molecule has 1 fully saturated rings. The van der Waals surface area contributed by atoms with Gasteiger partial charge in [0.1, 0.15) is 0 Å². The van der Waals surface area contributed by atoms with Gasteiger partial charge in [-0.15, -0.1) is 0 Å². The second-order valence-electron chi connectivity index (χ2n) is 6.03. The predicted octanol–water partition coefficient (Wildman–Crippen LogP) is 1.55. The van der Waals surface area contributed by atoms with Crippen LogP contribution in [0.1, 0.15) is 57.8 Å². The Kier molecular flexibility index (Phi) is 5.62. The minimum Gasteiger partial charge on any atom is -0.550 e. The summed E-state index contributed by atoms with van der Waals surface area (Å²) >= 11 is 0. The number of carbonyl (C=O) groups is 2. The van der Waals surface area contributed by atoms with Gasteiger partial charge >= 0.3 is 0 Å². The van der Waals surface area contributed by atoms with Crippen LogP contribution in [0.25, 0.3) is 0 Å². The summed E-state index contributed by atoms with van der Waals surface area (Å²) in [5, 5.41) is 14.2. The summed E-state index contributed by atoms with van der Waals surface area (Å²) in [7, 11) is 0. The number of carboxylic acids is 1. The lowest BCUT2D eigenvalue weighted by Gasteiger charge is -2.30. The number of rotatable bonds is 3. The van der Waals surface area contributed by atoms with Crippen molar-refractivity contribution in [2.75, 3.05) is 0 Å². The largest absolute Gasteiger partial charge is 0.550 e. The SMILES string of the molecule is O=C([O-])[C@H]1CC=CC[C@@H]1C(=O)NC1CCCCCCC1. The molecule has 20 heavy (non-hydrogen) atoms. The molecule has 0 aromatic heterocycles. The van der Waals surface area contributed by atoms with Crippen LogP contribution in [0.15, 0.2) is 12.2 Å². The second-order valence-corrected chi connectivity index (χ2v) is 6.03. The smallest absolute Gasteiger partial charge is 0.224 e. The molecule has 0 radical (unpaired) electrons. The molecule has 0 saturated heterocycles. The van der Waals surface area contributed by atoms with Gasteiger partial charge in [0, 0.05) is 23.8 Å². The van der Waals surface area contributed by atoms with Crippen molar-refractivity contribution in [3.63, 3.8) is 0 Å². The molecule has 0 bridgehead atoms. The molecule has 0 aromatic carbocycles. The van der Waals surface area contributed by atoms with E-state index in [0.29, 0.717) is 12.8 Å². The quantitative estimate of drug-likeness (QED) is 0.796. The number of hydrogen-bond acceptors (Lipinski definition) is 3. The molecule has 1 saturated carbocycles. The summed E-state index contributed by atoms with van der Waals surface area (Å²) in [6.45, 7) is 0. The van der Waals surface area contributed by atoms with E-state index in [-0.39, 0.29) is 11.9 Å². The Morgan fingerprint density at radius 3 is 2.05 bits per heavy atom. The second kappa shape index (κ2) is 7.46. The van der Waals surface area contributed by atoms with E-state index in [1.165, 1.54) is 19.3 Å². The molecule has 112 valence electrons. The van der Waals surface area contributed by atoms with Crippen molar-refractivity contribution in [2.24, 2.45) is 11.8 Å². The van der Waals surface area contributed by atoms with Gasteiger partial charge in [-0.05, 0) is 25.7 Å². The third-order valence-corrected chi connectivity index (χ3v) is 4.52. The van der Waals surface area contributed by atoms with E-state index in [1.807, 2.05) is 12.2 Å². The van der Waals surface area contributed by atoms with Gasteiger partial charge in [-0.1, -0.05) is 44.3 Å². The molecule has 2 rings (SSSR count). The first-order chi connectivity index (χ1) is 9.68. The normalized spacial score (nSPS) is 28.4. The van der Waals surface area contributed by atoms with E-state index in [1.54, 1.807) is 0 Å². The lowest BCUT2D eigenvalue weighted by atomic mass is 9.82. The molecular formula is C16H24NO3-. The average molecular weight is 278 g/mol. The first-order valence-electron chi connectivity index (χ1n) is 7.84. The monoisotopic (exact) mass is 278 g/mol. The Balaban J connectivity index is 1.91. The van der Waals surface area contributed by atoms with Crippen molar-refractivity contribution in [1.82, 2.24) is 5.32 Å². The van der Waals surface area contributed by atoms with Crippen LogP contribution < -0.4 is 10.4 Å². The molecule has 1 N–H and O–H groups in total. The summed E-state index contributed by atoms with van der Waals surface area (Å²) in [5.41, 5.74) is 0. The summed E-state index contributed by atoms with van der Waals surface area (Å²) in [6, 6.07) is 0.219. The molecule has 2 aliphatic carbocycles. The Morgan fingerprint density at radius 1 is 0.900 bits per heavy atom. The Bertz CT molecular complexity index is 370. The fourth-order valence-electron chi connectivity index (χ4n) is 3.27. The highest BCUT2D eigenvalue weighted by Crippen LogP contribution is 2.26. The number of allylic oxidation sites excluding steroid dienone is 2. The summed E-state index contributed by atoms with van der Waals surface area (Å²) in [4.78, 5) is 23.5. The van der Waals surface area contributed by atoms with E-state index in [0.717, 1.165) is 25.7 Å². The standard InChI is InChI=1S/C16H25NO3/c18-15(13-10-6-7-11-14(13)16(19)20)17-12-8-4-2-1-3-5-9-12/h6-7,12-14H,1-5,8-11H2,(H,17,18)(H,19,20)/p-1/t13-,14-/m0/s1. The third kappa shape index (κ3) is 4.09. The van der Waals surface area contributed by atoms with Crippen LogP contribution >= 0.6 is 0 Å². The molecule has 0 heterocycles. The third-order valence-electron chi connectivity index (χ3n) is 4.52. The number of hydrogen-bond donors (Lipinski definition) is 1. The fourth-order valence-corrected chi connectivity index (χ4v) is 3.27. The lowest BCUT2D eigenvalue weighted by Crippen LogP contribution is -2.46. The zero-order valence-corrected chi connectivity index (χ0v) is 12.0. The first kappa shape index (κ1) is 15.1. The number of aliphatic carboxylic acids is 1. The van der Waals surface area contributed by atoms with Crippen molar-refractivity contribution in [3.8, 4) is 0 Å². The average Bonchev–Trinajstić information content (AvgIpc) is 2.41. The van der Waals surface area contributed by atoms with Gasteiger partial charge in [-0.2, -0.15) is 0 Å². The molecule has 2 atom stereocenters. The van der Waals surface area contributed by atoms with Gasteiger partial charge in [0.15, 0.2) is 0 Å². The van der Waals surface area contributed by atoms with E-state index in [4.69, 9.17) is 0 Å². The van der Waals surface area contributed by atoms with Gasteiger partial charge in [-0.25, -0.2) is 0 Å². The summed E-state index contributed by atoms with van der Waals surface area (Å²) < 4.78 is 0. The van der Waals surface area contributed by atoms with E-state index in [9.17, 15) is 14.7 Å². The maximum absolute atomic E-state index is 12.3. The molecule has 4 heteroatoms. The zero-order chi connectivity index (χ0) is 14.4. The molecule has 4 nitrogen and oxygen atoms in total. The van der Waals surface area contributed by atoms with E-state index in [2.05, 4.69) is 5.32 Å². The van der Waals surface area contributed by atoms with Crippen LogP contribution in [0.4, 0.5) is 0 Å². The number of amides is 1. The zero-order valence-electron chi connectivity index (χ0n) is 12.0. The van der Waals surface area contributed by atoms with Crippen molar-refractivity contribution >= 4 is 11.9 Å². The number of carboxylic acid groups (broad SMARTS) is 1. The topological polar surface area (TPSA) is 69.2 Å². The van der Waals surface area contributed by atoms with E-state index < -0.39 is 17.8 Å². The van der Waals surface area contributed by atoms with Crippen molar-refractivity contribution < 1.29 is 14.7 Å². The van der Waals surface area contributed by atoms with Gasteiger partial charge in [-0.3, -0.25) is 4.79 Å². The molecule has 0 spiro atoms. The number of carbonyl (C=O) groups excluding carboxylic acids is 2. The van der Waals surface area contributed by atoms with Crippen LogP contribution in [0.2, 0.25) is 0 Å². The number of nitrogens with one attached hydrogen (secondary N) is 1. The van der Waals surface area contributed by atoms with E-state index >= 15 is 0 Å². The minimum atomic E-state index is -1.10. The minimum absolute atomic E-state index is 0.103. The Morgan fingerprint density at radius 2 is 1.45 bits per heavy atom. The van der Waals surface area contributed by atoms with Crippen LogP contribution in [0.5, 0.6) is 0 Å². The van der Waals surface area contributed by atoms with Gasteiger partial charge in [0.2, 0.25) is 5.91 Å². The highest BCUT2D eigenvalue weighted by molar-refractivity contribution is 5.84. The van der Waals surface area contributed by atoms with Crippen molar-refractivity contribution in [1.29, 1.82) is 0 Å². The van der Waals surface area contributed by atoms with Crippen molar-refractivity contribution in [3.05, 3.63) is 12.2 Å². The maximum Gasteiger partial charge on any atom is 0.224 e. The van der Waals surface area contributed by atoms with Crippen LogP contribution in [0.3, 0.4) is 0 Å². The fraction of sp³-hybridized carbons (Fsp3) is 0.750. The van der Waals surface area contributed by atoms with Gasteiger partial charge < -0.3 is 15.2 Å². The molecule has 2 aliphatic rings. The van der Waals surface area contributed by atoms with Crippen molar-refractivity contribution in [2.45, 2.75) is 63.8 Å². The molecule has 0 aromatic rings. The molecule has 1 amide bonds. The first-order valence-corrected chi connectivity index (χ1v) is 7.84. The van der Waals surface area contributed by atoms with Crippen LogP contribution in [-0.4, -0.2) is 17.9 Å². The van der Waals surface area contributed by atoms with Crippen LogP contribution in [-0.2, 0) is 9.59 Å². The van der Waals surface area contributed by atoms with Crippen LogP contribution in [0, 0.1) is 11.8 Å². The molecular weight excluding hydrogens is 254 g/mol. The maximum atomic E-state index is 12.3.